The van der Waals surface area contributed by atoms with E-state index >= 15 is 0 Å². The number of ether oxygens (including phenoxy) is 2. The van der Waals surface area contributed by atoms with Crippen LogP contribution in [0, 0.1) is 11.7 Å². The second-order valence-corrected chi connectivity index (χ2v) is 6.62. The molecule has 0 saturated heterocycles. The summed E-state index contributed by atoms with van der Waals surface area (Å²) >= 11 is 0. The number of benzene rings is 1. The third kappa shape index (κ3) is 5.81. The highest BCUT2D eigenvalue weighted by molar-refractivity contribution is 6.18. The number of allylic oxidation sites excluding steroid dienone is 1. The molecule has 1 aliphatic carbocycles. The number of hydrogen-bond donors (Lipinski definition) is 1. The van der Waals surface area contributed by atoms with Crippen molar-refractivity contribution in [2.45, 2.75) is 45.6 Å². The Hall–Kier alpha value is -2.37. The van der Waals surface area contributed by atoms with E-state index in [4.69, 9.17) is 9.47 Å². The Labute approximate surface area is 160 Å². The average molecular weight is 376 g/mol. The van der Waals surface area contributed by atoms with Gasteiger partial charge in [-0.1, -0.05) is 31.9 Å². The number of hydrogen-bond acceptors (Lipinski definition) is 4. The Bertz CT molecular complexity index is 695. The lowest BCUT2D eigenvalue weighted by Gasteiger charge is -2.16. The normalized spacial score (nSPS) is 15.7. The Morgan fingerprint density at radius 1 is 1.37 bits per heavy atom. The van der Waals surface area contributed by atoms with Crippen molar-refractivity contribution in [2.24, 2.45) is 10.9 Å². The molecule has 0 aliphatic heterocycles. The Kier molecular flexibility index (Phi) is 8.30. The third-order valence-corrected chi connectivity index (χ3v) is 4.73. The number of methoxy groups -OCH3 is 1. The molecule has 0 heterocycles. The summed E-state index contributed by atoms with van der Waals surface area (Å²) in [5.41, 5.74) is 0.694. The third-order valence-electron chi connectivity index (χ3n) is 4.73. The largest absolute Gasteiger partial charge is 0.493 e. The maximum atomic E-state index is 14.3. The molecular weight excluding hydrogens is 347 g/mol. The summed E-state index contributed by atoms with van der Waals surface area (Å²) in [4.78, 5) is 16.5. The quantitative estimate of drug-likeness (QED) is 0.423. The molecule has 0 aromatic heterocycles. The zero-order chi connectivity index (χ0) is 19.6. The van der Waals surface area contributed by atoms with Gasteiger partial charge in [0, 0.05) is 19.2 Å². The van der Waals surface area contributed by atoms with Crippen LogP contribution < -0.4 is 10.1 Å². The summed E-state index contributed by atoms with van der Waals surface area (Å²) in [6.45, 7) is 2.54. The van der Waals surface area contributed by atoms with Crippen molar-refractivity contribution in [1.82, 2.24) is 5.32 Å². The fraction of sp³-hybridized carbons (Fsp3) is 0.524. The molecule has 0 spiro atoms. The van der Waals surface area contributed by atoms with E-state index in [0.717, 1.165) is 12.8 Å². The first-order valence-corrected chi connectivity index (χ1v) is 9.50. The Morgan fingerprint density at radius 2 is 2.11 bits per heavy atom. The number of rotatable bonds is 8. The van der Waals surface area contributed by atoms with Crippen LogP contribution in [0.3, 0.4) is 0 Å². The molecule has 0 radical (unpaired) electrons. The van der Waals surface area contributed by atoms with E-state index in [-0.39, 0.29) is 18.3 Å². The second-order valence-electron chi connectivity index (χ2n) is 6.62. The van der Waals surface area contributed by atoms with Crippen LogP contribution in [-0.2, 0) is 16.1 Å². The lowest BCUT2D eigenvalue weighted by atomic mass is 10.1. The summed E-state index contributed by atoms with van der Waals surface area (Å²) in [5, 5.41) is 2.75. The van der Waals surface area contributed by atoms with Crippen molar-refractivity contribution in [1.29, 1.82) is 0 Å². The molecule has 1 saturated carbocycles. The SMILES string of the molecule is CC/C=C(/C(=O)NCc1c(F)cccc1OCC1CCCC1)C(=NC)OC. The minimum Gasteiger partial charge on any atom is -0.493 e. The lowest BCUT2D eigenvalue weighted by Crippen LogP contribution is -2.29. The van der Waals surface area contributed by atoms with Crippen LogP contribution in [0.2, 0.25) is 0 Å². The van der Waals surface area contributed by atoms with Gasteiger partial charge in [0.2, 0.25) is 5.90 Å². The van der Waals surface area contributed by atoms with Gasteiger partial charge in [-0.05, 0) is 37.3 Å². The minimum absolute atomic E-state index is 0.0350. The Morgan fingerprint density at radius 3 is 2.74 bits per heavy atom. The standard InChI is InChI=1S/C21H29FN2O3/c1-4-8-16(21(23-2)26-3)20(25)24-13-17-18(22)11-7-12-19(17)27-14-15-9-5-6-10-15/h7-8,11-12,15H,4-6,9-10,13-14H2,1-3H3,(H,24,25)/b16-8-,23-21?. The minimum atomic E-state index is -0.392. The van der Waals surface area contributed by atoms with Crippen LogP contribution in [-0.4, -0.2) is 32.6 Å². The highest BCUT2D eigenvalue weighted by atomic mass is 19.1. The van der Waals surface area contributed by atoms with Crippen LogP contribution >= 0.6 is 0 Å². The molecular formula is C21H29FN2O3. The number of aliphatic imine (C=N–C) groups is 1. The predicted octanol–water partition coefficient (Wildman–Crippen LogP) is 4.02. The molecule has 0 bridgehead atoms. The van der Waals surface area contributed by atoms with Crippen molar-refractivity contribution in [3.8, 4) is 5.75 Å². The van der Waals surface area contributed by atoms with E-state index in [0.29, 0.717) is 35.8 Å². The van der Waals surface area contributed by atoms with Gasteiger partial charge in [-0.25, -0.2) is 4.39 Å². The van der Waals surface area contributed by atoms with Crippen LogP contribution in [0.15, 0.2) is 34.8 Å². The summed E-state index contributed by atoms with van der Waals surface area (Å²) in [5.74, 6) is 0.514. The van der Waals surface area contributed by atoms with Crippen LogP contribution in [0.4, 0.5) is 4.39 Å². The van der Waals surface area contributed by atoms with Crippen LogP contribution in [0.1, 0.15) is 44.6 Å². The van der Waals surface area contributed by atoms with E-state index in [1.807, 2.05) is 6.92 Å². The van der Waals surface area contributed by atoms with Crippen molar-refractivity contribution < 1.29 is 18.7 Å². The van der Waals surface area contributed by atoms with Gasteiger partial charge in [0.05, 0.1) is 19.3 Å². The molecule has 1 aromatic carbocycles. The number of carbonyl (C=O) groups is 1. The molecule has 1 fully saturated rings. The molecule has 1 amide bonds. The van der Waals surface area contributed by atoms with Gasteiger partial charge < -0.3 is 14.8 Å². The molecule has 1 aliphatic rings. The average Bonchev–Trinajstić information content (AvgIpc) is 3.19. The van der Waals surface area contributed by atoms with Gasteiger partial charge in [0.15, 0.2) is 0 Å². The predicted molar refractivity (Wildman–Crippen MR) is 104 cm³/mol. The van der Waals surface area contributed by atoms with E-state index in [9.17, 15) is 9.18 Å². The summed E-state index contributed by atoms with van der Waals surface area (Å²) in [6, 6.07) is 4.75. The van der Waals surface area contributed by atoms with E-state index < -0.39 is 5.82 Å². The summed E-state index contributed by atoms with van der Waals surface area (Å²) in [7, 11) is 3.02. The van der Waals surface area contributed by atoms with Crippen molar-refractivity contribution in [2.75, 3.05) is 20.8 Å². The van der Waals surface area contributed by atoms with E-state index in [1.54, 1.807) is 25.3 Å². The molecule has 2 rings (SSSR count). The van der Waals surface area contributed by atoms with E-state index in [1.165, 1.54) is 26.0 Å². The highest BCUT2D eigenvalue weighted by Crippen LogP contribution is 2.27. The first-order valence-electron chi connectivity index (χ1n) is 9.50. The monoisotopic (exact) mass is 376 g/mol. The maximum Gasteiger partial charge on any atom is 0.256 e. The van der Waals surface area contributed by atoms with Crippen molar-refractivity contribution >= 4 is 11.8 Å². The van der Waals surface area contributed by atoms with Gasteiger partial charge in [0.25, 0.3) is 5.91 Å². The number of amides is 1. The van der Waals surface area contributed by atoms with Crippen molar-refractivity contribution in [3.05, 3.63) is 41.2 Å². The molecule has 0 unspecified atom stereocenters. The van der Waals surface area contributed by atoms with Crippen LogP contribution in [0.5, 0.6) is 5.75 Å². The zero-order valence-corrected chi connectivity index (χ0v) is 16.4. The van der Waals surface area contributed by atoms with Gasteiger partial charge in [-0.15, -0.1) is 0 Å². The molecule has 5 nitrogen and oxygen atoms in total. The zero-order valence-electron chi connectivity index (χ0n) is 16.4. The van der Waals surface area contributed by atoms with Gasteiger partial charge >= 0.3 is 0 Å². The molecule has 6 heteroatoms. The molecule has 1 aromatic rings. The molecule has 27 heavy (non-hydrogen) atoms. The highest BCUT2D eigenvalue weighted by Gasteiger charge is 2.19. The molecule has 0 atom stereocenters. The second kappa shape index (κ2) is 10.7. The smallest absolute Gasteiger partial charge is 0.256 e. The number of halogens is 1. The number of nitrogens with one attached hydrogen (secondary N) is 1. The molecule has 148 valence electrons. The lowest BCUT2D eigenvalue weighted by molar-refractivity contribution is -0.117. The van der Waals surface area contributed by atoms with Gasteiger partial charge in [-0.3, -0.25) is 9.79 Å². The van der Waals surface area contributed by atoms with E-state index in [2.05, 4.69) is 10.3 Å². The number of nitrogens with zero attached hydrogens (tertiary/aromatic N) is 1. The summed E-state index contributed by atoms with van der Waals surface area (Å²) < 4.78 is 25.4. The number of carbonyl (C=O) groups excluding carboxylic acids is 1. The maximum absolute atomic E-state index is 14.3. The Balaban J connectivity index is 2.07. The fourth-order valence-electron chi connectivity index (χ4n) is 3.30. The van der Waals surface area contributed by atoms with Gasteiger partial charge in [0.1, 0.15) is 11.6 Å². The first kappa shape index (κ1) is 20.9. The fourth-order valence-corrected chi connectivity index (χ4v) is 3.30. The topological polar surface area (TPSA) is 59.9 Å². The van der Waals surface area contributed by atoms with Crippen molar-refractivity contribution in [3.63, 3.8) is 0 Å². The summed E-state index contributed by atoms with van der Waals surface area (Å²) in [6.07, 6.45) is 7.16. The molecule has 1 N–H and O–H groups in total. The first-order chi connectivity index (χ1) is 13.1. The van der Waals surface area contributed by atoms with Crippen LogP contribution in [0.25, 0.3) is 0 Å². The van der Waals surface area contributed by atoms with Gasteiger partial charge in [-0.2, -0.15) is 0 Å².